The minimum absolute atomic E-state index is 0.0207. The molecule has 6 aromatic carbocycles. The predicted molar refractivity (Wildman–Crippen MR) is 245 cm³/mol. The van der Waals surface area contributed by atoms with Gasteiger partial charge in [0.1, 0.15) is 11.6 Å². The standard InChI is InChI=1S/C55H46N4/c1-53(2,3)35-23-27-45-43(31-35)44-32-36(54(4,5)6)24-28-46(44)55(45,37-21-25-41-39-15-7-9-17-47(39)58(49(41)33-37)51-19-11-13-29-56-51)38-22-26-42-40-16-8-10-18-48(40)59(50(42)34-38)52-20-12-14-30-57-52/h7-34H,1-6H3. The van der Waals surface area contributed by atoms with Crippen molar-refractivity contribution in [3.05, 3.63) is 203 Å². The van der Waals surface area contributed by atoms with Gasteiger partial charge in [0.05, 0.1) is 27.5 Å². The maximum Gasteiger partial charge on any atom is 0.137 e. The van der Waals surface area contributed by atoms with Crippen LogP contribution >= 0.6 is 0 Å². The lowest BCUT2D eigenvalue weighted by molar-refractivity contribution is 0.589. The number of aromatic nitrogens is 4. The van der Waals surface area contributed by atoms with Crippen molar-refractivity contribution in [2.75, 3.05) is 0 Å². The van der Waals surface area contributed by atoms with E-state index in [9.17, 15) is 0 Å². The summed E-state index contributed by atoms with van der Waals surface area (Å²) in [5.74, 6) is 1.81. The summed E-state index contributed by atoms with van der Waals surface area (Å²) in [6.45, 7) is 13.9. The van der Waals surface area contributed by atoms with Crippen molar-refractivity contribution in [3.8, 4) is 22.8 Å². The van der Waals surface area contributed by atoms with Gasteiger partial charge in [0.15, 0.2) is 0 Å². The van der Waals surface area contributed by atoms with Crippen LogP contribution in [0, 0.1) is 0 Å². The Morgan fingerprint density at radius 2 is 0.797 bits per heavy atom. The third-order valence-corrected chi connectivity index (χ3v) is 12.8. The lowest BCUT2D eigenvalue weighted by atomic mass is 9.67. The van der Waals surface area contributed by atoms with Crippen LogP contribution in [0.3, 0.4) is 0 Å². The van der Waals surface area contributed by atoms with Crippen LogP contribution in [0.4, 0.5) is 0 Å². The van der Waals surface area contributed by atoms with E-state index >= 15 is 0 Å². The minimum Gasteiger partial charge on any atom is -0.294 e. The molecule has 0 atom stereocenters. The molecule has 0 unspecified atom stereocenters. The highest BCUT2D eigenvalue weighted by Crippen LogP contribution is 2.58. The first kappa shape index (κ1) is 35.4. The number of hydrogen-bond donors (Lipinski definition) is 0. The van der Waals surface area contributed by atoms with Gasteiger partial charge < -0.3 is 0 Å². The van der Waals surface area contributed by atoms with Gasteiger partial charge in [-0.05, 0) is 104 Å². The second kappa shape index (κ2) is 12.6. The summed E-state index contributed by atoms with van der Waals surface area (Å²) in [5, 5.41) is 4.85. The molecule has 4 heteroatoms. The Balaban J connectivity index is 1.31. The SMILES string of the molecule is CC(C)(C)c1ccc2c(c1)-c1cc(C(C)(C)C)ccc1C2(c1ccc2c3ccccc3n(-c3ccccn3)c2c1)c1ccc2c3ccccc3n(-c3ccccn3)c2c1. The van der Waals surface area contributed by atoms with Gasteiger partial charge in [0, 0.05) is 33.9 Å². The average Bonchev–Trinajstić information content (AvgIpc) is 3.87. The second-order valence-electron chi connectivity index (χ2n) is 18.3. The number of para-hydroxylation sites is 2. The van der Waals surface area contributed by atoms with Gasteiger partial charge in [-0.25, -0.2) is 9.97 Å². The summed E-state index contributed by atoms with van der Waals surface area (Å²) >= 11 is 0. The molecule has 0 bridgehead atoms. The lowest BCUT2D eigenvalue weighted by Crippen LogP contribution is -2.29. The summed E-state index contributed by atoms with van der Waals surface area (Å²) in [5.41, 5.74) is 14.2. The number of fused-ring (bicyclic) bond motifs is 9. The van der Waals surface area contributed by atoms with Crippen LogP contribution in [0.15, 0.2) is 170 Å². The molecule has 0 spiro atoms. The Hall–Kier alpha value is -6.78. The second-order valence-corrected chi connectivity index (χ2v) is 18.3. The molecule has 4 nitrogen and oxygen atoms in total. The van der Waals surface area contributed by atoms with Gasteiger partial charge in [-0.15, -0.1) is 0 Å². The molecule has 4 aromatic heterocycles. The Morgan fingerprint density at radius 1 is 0.390 bits per heavy atom. The van der Waals surface area contributed by atoms with Gasteiger partial charge in [-0.3, -0.25) is 9.13 Å². The monoisotopic (exact) mass is 762 g/mol. The number of benzene rings is 6. The van der Waals surface area contributed by atoms with Crippen LogP contribution in [0.1, 0.15) is 74.9 Å². The van der Waals surface area contributed by atoms with E-state index in [0.29, 0.717) is 0 Å². The van der Waals surface area contributed by atoms with Gasteiger partial charge in [-0.1, -0.05) is 151 Å². The third-order valence-electron chi connectivity index (χ3n) is 12.8. The molecule has 0 aliphatic heterocycles. The Morgan fingerprint density at radius 3 is 1.20 bits per heavy atom. The van der Waals surface area contributed by atoms with E-state index in [4.69, 9.17) is 9.97 Å². The van der Waals surface area contributed by atoms with E-state index in [-0.39, 0.29) is 10.8 Å². The largest absolute Gasteiger partial charge is 0.294 e. The summed E-state index contributed by atoms with van der Waals surface area (Å²) in [7, 11) is 0. The van der Waals surface area contributed by atoms with E-state index in [2.05, 4.69) is 196 Å². The molecule has 1 aliphatic carbocycles. The van der Waals surface area contributed by atoms with Crippen LogP contribution in [0.25, 0.3) is 66.4 Å². The van der Waals surface area contributed by atoms with Crippen molar-refractivity contribution in [1.29, 1.82) is 0 Å². The molecule has 1 aliphatic rings. The first-order valence-corrected chi connectivity index (χ1v) is 20.7. The van der Waals surface area contributed by atoms with E-state index < -0.39 is 5.41 Å². The van der Waals surface area contributed by atoms with E-state index in [1.807, 2.05) is 24.5 Å². The fourth-order valence-electron chi connectivity index (χ4n) is 9.93. The number of rotatable bonds is 4. The summed E-state index contributed by atoms with van der Waals surface area (Å²) in [6, 6.07) is 58.8. The fraction of sp³-hybridized carbons (Fsp3) is 0.164. The highest BCUT2D eigenvalue weighted by molar-refractivity contribution is 6.11. The van der Waals surface area contributed by atoms with Crippen molar-refractivity contribution in [1.82, 2.24) is 19.1 Å². The molecule has 286 valence electrons. The normalized spacial score (nSPS) is 13.7. The molecule has 59 heavy (non-hydrogen) atoms. The first-order chi connectivity index (χ1) is 28.5. The summed E-state index contributed by atoms with van der Waals surface area (Å²) < 4.78 is 4.68. The van der Waals surface area contributed by atoms with Crippen molar-refractivity contribution in [2.45, 2.75) is 57.8 Å². The van der Waals surface area contributed by atoms with Gasteiger partial charge in [0.25, 0.3) is 0 Å². The predicted octanol–water partition coefficient (Wildman–Crippen LogP) is 13.6. The fourth-order valence-corrected chi connectivity index (χ4v) is 9.93. The quantitative estimate of drug-likeness (QED) is 0.179. The molecular weight excluding hydrogens is 717 g/mol. The number of pyridine rings is 2. The van der Waals surface area contributed by atoms with Gasteiger partial charge >= 0.3 is 0 Å². The maximum absolute atomic E-state index is 4.91. The molecule has 0 saturated heterocycles. The number of nitrogens with zero attached hydrogens (tertiary/aromatic N) is 4. The summed E-state index contributed by atoms with van der Waals surface area (Å²) in [4.78, 5) is 9.82. The molecular formula is C55H46N4. The Bertz CT molecular complexity index is 3060. The van der Waals surface area contributed by atoms with Crippen molar-refractivity contribution >= 4 is 43.6 Å². The van der Waals surface area contributed by atoms with Gasteiger partial charge in [-0.2, -0.15) is 0 Å². The van der Waals surface area contributed by atoms with Crippen LogP contribution in [0.5, 0.6) is 0 Å². The lowest BCUT2D eigenvalue weighted by Gasteiger charge is -2.35. The molecule has 0 fully saturated rings. The highest BCUT2D eigenvalue weighted by Gasteiger charge is 2.47. The van der Waals surface area contributed by atoms with Crippen LogP contribution in [-0.2, 0) is 16.2 Å². The van der Waals surface area contributed by atoms with Crippen LogP contribution in [-0.4, -0.2) is 19.1 Å². The molecule has 10 aromatic rings. The van der Waals surface area contributed by atoms with Crippen molar-refractivity contribution in [3.63, 3.8) is 0 Å². The first-order valence-electron chi connectivity index (χ1n) is 20.7. The minimum atomic E-state index is -0.656. The van der Waals surface area contributed by atoms with E-state index in [0.717, 1.165) is 33.7 Å². The molecule has 0 amide bonds. The Kier molecular flexibility index (Phi) is 7.56. The zero-order chi connectivity index (χ0) is 40.3. The summed E-state index contributed by atoms with van der Waals surface area (Å²) in [6.07, 6.45) is 3.78. The molecule has 4 heterocycles. The van der Waals surface area contributed by atoms with Gasteiger partial charge in [0.2, 0.25) is 0 Å². The highest BCUT2D eigenvalue weighted by atomic mass is 15.1. The van der Waals surface area contributed by atoms with Crippen molar-refractivity contribution in [2.24, 2.45) is 0 Å². The molecule has 11 rings (SSSR count). The Labute approximate surface area is 345 Å². The van der Waals surface area contributed by atoms with Crippen molar-refractivity contribution < 1.29 is 0 Å². The zero-order valence-corrected chi connectivity index (χ0v) is 34.5. The van der Waals surface area contributed by atoms with Crippen LogP contribution in [0.2, 0.25) is 0 Å². The molecule has 0 radical (unpaired) electrons. The molecule has 0 N–H and O–H groups in total. The smallest absolute Gasteiger partial charge is 0.137 e. The average molecular weight is 763 g/mol. The van der Waals surface area contributed by atoms with E-state index in [1.54, 1.807) is 0 Å². The number of hydrogen-bond acceptors (Lipinski definition) is 2. The molecule has 0 saturated carbocycles. The third kappa shape index (κ3) is 5.15. The topological polar surface area (TPSA) is 35.6 Å². The van der Waals surface area contributed by atoms with Crippen LogP contribution < -0.4 is 0 Å². The maximum atomic E-state index is 4.91. The van der Waals surface area contributed by atoms with E-state index in [1.165, 1.54) is 66.1 Å². The zero-order valence-electron chi connectivity index (χ0n) is 34.5.